The zero-order chi connectivity index (χ0) is 17.6. The number of hydrogen-bond donors (Lipinski definition) is 0. The Hall–Kier alpha value is 0.860. The van der Waals surface area contributed by atoms with E-state index in [0.717, 1.165) is 0 Å². The van der Waals surface area contributed by atoms with Crippen LogP contribution in [0.15, 0.2) is 0 Å². The van der Waals surface area contributed by atoms with E-state index in [4.69, 9.17) is 0 Å². The molecule has 0 atom stereocenters. The minimum absolute atomic E-state index is 0.942. The van der Waals surface area contributed by atoms with Gasteiger partial charge < -0.3 is 0 Å². The molecule has 2 heteroatoms. The summed E-state index contributed by atoms with van der Waals surface area (Å²) in [7, 11) is -1.88. The molecule has 0 aliphatic rings. The maximum atomic E-state index is 2.43. The Morgan fingerprint density at radius 1 is 0.348 bits per heavy atom. The van der Waals surface area contributed by atoms with E-state index >= 15 is 0 Å². The van der Waals surface area contributed by atoms with Crippen LogP contribution in [-0.4, -0.2) is 49.3 Å². The summed E-state index contributed by atoms with van der Waals surface area (Å²) in [4.78, 5) is 0. The molecule has 0 amide bonds. The van der Waals surface area contributed by atoms with Crippen molar-refractivity contribution in [2.45, 2.75) is 86.5 Å². The van der Waals surface area contributed by atoms with Gasteiger partial charge in [0, 0.05) is 0 Å². The van der Waals surface area contributed by atoms with Crippen LogP contribution in [0.4, 0.5) is 0 Å². The Morgan fingerprint density at radius 2 is 0.565 bits per heavy atom. The second-order valence-corrected chi connectivity index (χ2v) is 18.4. The van der Waals surface area contributed by atoms with E-state index < -0.39 is 14.5 Å². The van der Waals surface area contributed by atoms with Crippen molar-refractivity contribution in [2.24, 2.45) is 0 Å². The molecule has 0 bridgehead atoms. The molecule has 144 valence electrons. The first kappa shape index (κ1) is 23.9. The maximum absolute atomic E-state index is 2.43. The van der Waals surface area contributed by atoms with E-state index in [1.165, 1.54) is 38.5 Å². The van der Waals surface area contributed by atoms with Crippen molar-refractivity contribution in [3.8, 4) is 0 Å². The van der Waals surface area contributed by atoms with Crippen LogP contribution in [0, 0.1) is 0 Å². The van der Waals surface area contributed by atoms with E-state index in [1.807, 2.05) is 0 Å². The van der Waals surface area contributed by atoms with Gasteiger partial charge in [-0.25, -0.2) is 0 Å². The van der Waals surface area contributed by atoms with E-state index in [9.17, 15) is 0 Å². The van der Waals surface area contributed by atoms with Crippen LogP contribution in [-0.2, 0) is 0 Å². The zero-order valence-corrected chi connectivity index (χ0v) is 19.6. The molecule has 0 aromatic carbocycles. The molecule has 0 aliphatic carbocycles. The van der Waals surface area contributed by atoms with Gasteiger partial charge in [-0.2, -0.15) is 0 Å². The van der Waals surface area contributed by atoms with Crippen molar-refractivity contribution in [3.05, 3.63) is 0 Å². The summed E-state index contributed by atoms with van der Waals surface area (Å²) in [5.74, 6) is 0. The van der Waals surface area contributed by atoms with Gasteiger partial charge in [-0.15, -0.1) is 0 Å². The molecule has 0 heterocycles. The van der Waals surface area contributed by atoms with Crippen molar-refractivity contribution in [1.29, 1.82) is 0 Å². The Morgan fingerprint density at radius 3 is 0.739 bits per heavy atom. The Balaban J connectivity index is 4.82. The summed E-state index contributed by atoms with van der Waals surface area (Å²) in [5, 5.41) is 0. The zero-order valence-electron chi connectivity index (χ0n) is 17.6. The number of rotatable bonds is 16. The molecule has 0 aliphatic heterocycles. The van der Waals surface area contributed by atoms with Crippen LogP contribution in [0.5, 0.6) is 0 Å². The predicted molar refractivity (Wildman–Crippen MR) is 122 cm³/mol. The van der Waals surface area contributed by atoms with E-state index in [1.54, 1.807) is 55.7 Å². The molecular weight excluding hydrogens is 314 g/mol. The third kappa shape index (κ3) is 9.21. The fourth-order valence-electron chi connectivity index (χ4n) is 5.52. The molecule has 0 unspecified atom stereocenters. The standard InChI is InChI=1S/C21H50P2/c1-7-14-22(15-8-2,16-9-3)20-13-21-23(17-10-4,18-11-5)19-12-6/h22-23H,7-21H2,1-6H3. The monoisotopic (exact) mass is 364 g/mol. The minimum atomic E-state index is -0.942. The van der Waals surface area contributed by atoms with Crippen molar-refractivity contribution >= 4 is 14.5 Å². The van der Waals surface area contributed by atoms with Crippen LogP contribution in [0.25, 0.3) is 0 Å². The molecule has 0 rings (SSSR count). The van der Waals surface area contributed by atoms with Gasteiger partial charge >= 0.3 is 150 Å². The van der Waals surface area contributed by atoms with Crippen LogP contribution < -0.4 is 0 Å². The molecule has 0 aromatic rings. The van der Waals surface area contributed by atoms with Gasteiger partial charge in [0.2, 0.25) is 0 Å². The van der Waals surface area contributed by atoms with Gasteiger partial charge in [0.25, 0.3) is 0 Å². The first-order valence-corrected chi connectivity index (χ1v) is 16.7. The average Bonchev–Trinajstić information content (AvgIpc) is 2.49. The van der Waals surface area contributed by atoms with Gasteiger partial charge in [0.05, 0.1) is 0 Å². The quantitative estimate of drug-likeness (QED) is 0.251. The van der Waals surface area contributed by atoms with Crippen molar-refractivity contribution in [2.75, 3.05) is 49.3 Å². The molecule has 23 heavy (non-hydrogen) atoms. The summed E-state index contributed by atoms with van der Waals surface area (Å²) in [5.41, 5.74) is 0. The van der Waals surface area contributed by atoms with Crippen LogP contribution in [0.2, 0.25) is 0 Å². The van der Waals surface area contributed by atoms with Crippen LogP contribution in [0.3, 0.4) is 0 Å². The SMILES string of the molecule is CCC[PH](CCC)(CCC)CCC[PH](CCC)(CCC)CCC. The molecule has 0 saturated carbocycles. The molecule has 0 radical (unpaired) electrons. The Labute approximate surface area is 150 Å². The summed E-state index contributed by atoms with van der Waals surface area (Å²) in [6, 6.07) is 0. The predicted octanol–water partition coefficient (Wildman–Crippen LogP) is 7.34. The third-order valence-electron chi connectivity index (χ3n) is 6.10. The van der Waals surface area contributed by atoms with E-state index in [2.05, 4.69) is 41.5 Å². The fourth-order valence-corrected chi connectivity index (χ4v) is 17.1. The summed E-state index contributed by atoms with van der Waals surface area (Å²) < 4.78 is 0. The fraction of sp³-hybridized carbons (Fsp3) is 1.00. The van der Waals surface area contributed by atoms with E-state index in [0.29, 0.717) is 0 Å². The molecule has 0 spiro atoms. The number of hydrogen-bond acceptors (Lipinski definition) is 0. The van der Waals surface area contributed by atoms with Gasteiger partial charge in [0.15, 0.2) is 0 Å². The van der Waals surface area contributed by atoms with Crippen molar-refractivity contribution in [3.63, 3.8) is 0 Å². The van der Waals surface area contributed by atoms with Gasteiger partial charge in [-0.3, -0.25) is 0 Å². The average molecular weight is 365 g/mol. The summed E-state index contributed by atoms with van der Waals surface area (Å²) >= 11 is 0. The van der Waals surface area contributed by atoms with Gasteiger partial charge in [-0.1, -0.05) is 0 Å². The molecule has 0 aromatic heterocycles. The van der Waals surface area contributed by atoms with E-state index in [-0.39, 0.29) is 0 Å². The van der Waals surface area contributed by atoms with Crippen molar-refractivity contribution in [1.82, 2.24) is 0 Å². The Kier molecular flexibility index (Phi) is 14.6. The molecule has 0 nitrogen and oxygen atoms in total. The molecular formula is C21H50P2. The third-order valence-corrected chi connectivity index (χ3v) is 18.3. The first-order chi connectivity index (χ1) is 11.1. The summed E-state index contributed by atoms with van der Waals surface area (Å²) in [6.45, 7) is 14.6. The van der Waals surface area contributed by atoms with Gasteiger partial charge in [-0.05, 0) is 0 Å². The molecule has 0 N–H and O–H groups in total. The molecule has 0 fully saturated rings. The Bertz CT molecular complexity index is 203. The molecule has 0 saturated heterocycles. The van der Waals surface area contributed by atoms with Crippen LogP contribution >= 0.6 is 14.5 Å². The summed E-state index contributed by atoms with van der Waals surface area (Å²) in [6.07, 6.45) is 23.2. The second-order valence-electron chi connectivity index (χ2n) is 8.35. The topological polar surface area (TPSA) is 0 Å². The second kappa shape index (κ2) is 14.1. The van der Waals surface area contributed by atoms with Gasteiger partial charge in [0.1, 0.15) is 0 Å². The van der Waals surface area contributed by atoms with Crippen LogP contribution in [0.1, 0.15) is 86.5 Å². The normalized spacial score (nSPS) is 14.2. The first-order valence-electron chi connectivity index (χ1n) is 11.1. The van der Waals surface area contributed by atoms with Crippen molar-refractivity contribution < 1.29 is 0 Å².